The fourth-order valence-corrected chi connectivity index (χ4v) is 7.45. The van der Waals surface area contributed by atoms with E-state index in [1.165, 1.54) is 26.2 Å². The van der Waals surface area contributed by atoms with Gasteiger partial charge in [0.2, 0.25) is 11.8 Å². The Morgan fingerprint density at radius 2 is 1.60 bits per heavy atom. The minimum Gasteiger partial charge on any atom is -0.493 e. The largest absolute Gasteiger partial charge is 0.493 e. The molecule has 57 heavy (non-hydrogen) atoms. The van der Waals surface area contributed by atoms with E-state index in [-0.39, 0.29) is 78.8 Å². The zero-order valence-corrected chi connectivity index (χ0v) is 33.3. The molecule has 3 rings (SSSR count). The third kappa shape index (κ3) is 17.9. The van der Waals surface area contributed by atoms with Crippen molar-refractivity contribution in [1.29, 1.82) is 0 Å². The lowest BCUT2D eigenvalue weighted by atomic mass is 10.0. The summed E-state index contributed by atoms with van der Waals surface area (Å²) in [6, 6.07) is 2.89. The van der Waals surface area contributed by atoms with Crippen molar-refractivity contribution in [2.75, 3.05) is 85.3 Å². The molecule has 0 radical (unpaired) electrons. The number of benzene rings is 1. The number of azide groups is 1. The van der Waals surface area contributed by atoms with Gasteiger partial charge in [0.1, 0.15) is 6.10 Å². The van der Waals surface area contributed by atoms with Gasteiger partial charge in [-0.15, -0.1) is 0 Å². The smallest absolute Gasteiger partial charge is 0.407 e. The lowest BCUT2D eigenvalue weighted by molar-refractivity contribution is -0.386. The fourth-order valence-electron chi connectivity index (χ4n) is 5.90. The Labute approximate surface area is 335 Å². The molecule has 0 spiro atoms. The molecule has 21 nitrogen and oxygen atoms in total. The average molecular weight is 826 g/mol. The van der Waals surface area contributed by atoms with Crippen LogP contribution in [0.3, 0.4) is 0 Å². The van der Waals surface area contributed by atoms with Gasteiger partial charge in [-0.1, -0.05) is 11.5 Å². The molecule has 0 bridgehead atoms. The van der Waals surface area contributed by atoms with E-state index in [1.54, 1.807) is 0 Å². The number of nitro benzene ring substituents is 1. The Morgan fingerprint density at radius 3 is 2.25 bits per heavy atom. The Bertz CT molecular complexity index is 1500. The second kappa shape index (κ2) is 27.0. The summed E-state index contributed by atoms with van der Waals surface area (Å²) in [7, 11) is 1.37. The topological polar surface area (TPSA) is 276 Å². The van der Waals surface area contributed by atoms with Gasteiger partial charge in [0.15, 0.2) is 11.5 Å². The number of nitro groups is 1. The molecule has 2 heterocycles. The maximum absolute atomic E-state index is 12.2. The highest BCUT2D eigenvalue weighted by Crippen LogP contribution is 2.38. The van der Waals surface area contributed by atoms with E-state index < -0.39 is 17.1 Å². The first-order chi connectivity index (χ1) is 27.6. The van der Waals surface area contributed by atoms with E-state index in [4.69, 9.17) is 34.0 Å². The predicted molar refractivity (Wildman–Crippen MR) is 208 cm³/mol. The first-order valence-corrected chi connectivity index (χ1v) is 20.1. The molecule has 1 aromatic rings. The molecule has 22 heteroatoms. The van der Waals surface area contributed by atoms with Gasteiger partial charge < -0.3 is 55.0 Å². The molecule has 0 aliphatic carbocycles. The van der Waals surface area contributed by atoms with Crippen LogP contribution in [0, 0.1) is 10.1 Å². The lowest BCUT2D eigenvalue weighted by Gasteiger charge is -2.17. The van der Waals surface area contributed by atoms with Crippen molar-refractivity contribution < 1.29 is 52.5 Å². The summed E-state index contributed by atoms with van der Waals surface area (Å²) in [6.45, 7) is 4.85. The summed E-state index contributed by atoms with van der Waals surface area (Å²) in [5.74, 6) is 1.02. The first-order valence-electron chi connectivity index (χ1n) is 19.0. The highest BCUT2D eigenvalue weighted by atomic mass is 32.2. The number of hydrogen-bond donors (Lipinski definition) is 5. The third-order valence-corrected chi connectivity index (χ3v) is 10.3. The van der Waals surface area contributed by atoms with E-state index in [0.29, 0.717) is 77.2 Å². The van der Waals surface area contributed by atoms with E-state index in [2.05, 4.69) is 36.6 Å². The number of methoxy groups -OCH3 is 1. The molecule has 1 aromatic carbocycles. The zero-order chi connectivity index (χ0) is 41.3. The number of nitrogens with zero attached hydrogens (tertiary/aromatic N) is 4. The zero-order valence-electron chi connectivity index (χ0n) is 32.5. The van der Waals surface area contributed by atoms with Crippen LogP contribution in [0.2, 0.25) is 0 Å². The summed E-state index contributed by atoms with van der Waals surface area (Å²) < 4.78 is 32.8. The molecular formula is C35H55N9O12S. The Morgan fingerprint density at radius 1 is 0.930 bits per heavy atom. The van der Waals surface area contributed by atoms with Gasteiger partial charge in [-0.25, -0.2) is 9.59 Å². The molecular weight excluding hydrogens is 771 g/mol. The van der Waals surface area contributed by atoms with Crippen LogP contribution in [-0.2, 0) is 28.5 Å². The lowest BCUT2D eigenvalue weighted by Crippen LogP contribution is -2.36. The van der Waals surface area contributed by atoms with Crippen molar-refractivity contribution in [3.05, 3.63) is 38.3 Å². The second-order valence-electron chi connectivity index (χ2n) is 13.0. The quantitative estimate of drug-likeness (QED) is 0.0142. The minimum atomic E-state index is -0.996. The molecule has 5 amide bonds. The van der Waals surface area contributed by atoms with Crippen LogP contribution in [0.4, 0.5) is 15.3 Å². The number of thioether (sulfide) groups is 1. The first kappa shape index (κ1) is 46.6. The van der Waals surface area contributed by atoms with Crippen LogP contribution in [0.5, 0.6) is 11.5 Å². The van der Waals surface area contributed by atoms with Crippen LogP contribution in [0.1, 0.15) is 63.5 Å². The summed E-state index contributed by atoms with van der Waals surface area (Å²) in [4.78, 5) is 61.7. The van der Waals surface area contributed by atoms with Gasteiger partial charge >= 0.3 is 12.1 Å². The number of alkyl carbamates (subject to hydrolysis) is 1. The Kier molecular flexibility index (Phi) is 22.1. The minimum absolute atomic E-state index is 0.000950. The molecule has 1 unspecified atom stereocenters. The average Bonchev–Trinajstić information content (AvgIpc) is 3.75. The molecule has 2 fully saturated rings. The number of carbonyl (C=O) groups excluding carboxylic acids is 4. The number of nitrogens with one attached hydrogen (secondary N) is 5. The highest BCUT2D eigenvalue weighted by Gasteiger charge is 2.42. The van der Waals surface area contributed by atoms with Crippen LogP contribution >= 0.6 is 11.8 Å². The number of rotatable bonds is 30. The second-order valence-corrected chi connectivity index (χ2v) is 14.2. The Balaban J connectivity index is 1.14. The summed E-state index contributed by atoms with van der Waals surface area (Å²) >= 11 is 1.88. The van der Waals surface area contributed by atoms with Gasteiger partial charge in [-0.3, -0.25) is 19.7 Å². The van der Waals surface area contributed by atoms with E-state index in [9.17, 15) is 29.3 Å². The van der Waals surface area contributed by atoms with Crippen molar-refractivity contribution in [1.82, 2.24) is 26.6 Å². The van der Waals surface area contributed by atoms with Gasteiger partial charge in [0.25, 0.3) is 5.69 Å². The number of carbonyl (C=O) groups is 4. The fraction of sp³-hybridized carbons (Fsp3) is 0.714. The van der Waals surface area contributed by atoms with Crippen molar-refractivity contribution in [2.45, 2.75) is 75.3 Å². The summed E-state index contributed by atoms with van der Waals surface area (Å²) in [5.41, 5.74) is 8.07. The molecule has 0 aromatic heterocycles. The molecule has 0 saturated carbocycles. The van der Waals surface area contributed by atoms with Gasteiger partial charge in [-0.05, 0) is 44.2 Å². The summed E-state index contributed by atoms with van der Waals surface area (Å²) in [6.07, 6.45) is 2.29. The number of hydrogen-bond acceptors (Lipinski definition) is 14. The maximum Gasteiger partial charge on any atom is 0.407 e. The standard InChI is InChI=1S/C35H55N9O12S/c1-24(56-35(48)39-10-6-11-40-43-36)25-21-28(51-2)29(22-27(25)44(49)50)55-14-5-9-32(46)38-13-16-53-18-20-54-19-17-52-15-12-37-31(45)8-4-3-7-30-33-26(23-57-30)41-34(47)42-33/h21-22,24,26,30,33H,3-20,23H2,1-2H3,(H,37,45)(H,38,46)(H,39,48)(H2,41,42,47)/t24?,26-,30-,33-/m1/s1. The van der Waals surface area contributed by atoms with E-state index in [1.807, 2.05) is 11.8 Å². The van der Waals surface area contributed by atoms with Gasteiger partial charge in [0, 0.05) is 54.9 Å². The normalized spacial score (nSPS) is 17.3. The molecule has 2 saturated heterocycles. The van der Waals surface area contributed by atoms with Gasteiger partial charge in [0.05, 0.1) is 82.0 Å². The molecule has 318 valence electrons. The third-order valence-electron chi connectivity index (χ3n) is 8.77. The highest BCUT2D eigenvalue weighted by molar-refractivity contribution is 8.00. The Hall–Kier alpha value is -4.76. The molecule has 2 aliphatic rings. The van der Waals surface area contributed by atoms with Crippen LogP contribution in [0.15, 0.2) is 17.2 Å². The van der Waals surface area contributed by atoms with Crippen LogP contribution in [-0.4, -0.2) is 131 Å². The van der Waals surface area contributed by atoms with Crippen molar-refractivity contribution in [3.63, 3.8) is 0 Å². The molecule has 4 atom stereocenters. The van der Waals surface area contributed by atoms with Crippen LogP contribution < -0.4 is 36.1 Å². The van der Waals surface area contributed by atoms with Crippen molar-refractivity contribution in [2.24, 2.45) is 5.11 Å². The van der Waals surface area contributed by atoms with Crippen molar-refractivity contribution >= 4 is 41.4 Å². The maximum atomic E-state index is 12.2. The molecule has 2 aliphatic heterocycles. The number of amides is 5. The number of urea groups is 1. The van der Waals surface area contributed by atoms with Crippen LogP contribution in [0.25, 0.3) is 10.4 Å². The number of unbranched alkanes of at least 4 members (excludes halogenated alkanes) is 1. The van der Waals surface area contributed by atoms with E-state index >= 15 is 0 Å². The van der Waals surface area contributed by atoms with Crippen molar-refractivity contribution in [3.8, 4) is 11.5 Å². The summed E-state index contributed by atoms with van der Waals surface area (Å²) in [5, 5.41) is 29.6. The monoisotopic (exact) mass is 825 g/mol. The number of ether oxygens (including phenoxy) is 6. The number of fused-ring (bicyclic) bond motifs is 1. The van der Waals surface area contributed by atoms with Gasteiger partial charge in [-0.2, -0.15) is 11.8 Å². The SMILES string of the molecule is COc1cc(C(C)OC(=O)NCCCN=[N+]=[N-])c([N+](=O)[O-])cc1OCCCC(=O)NCCOCCOCCOCCNC(=O)CCCC[C@H]1SC[C@H]2NC(=O)N[C@H]21. The molecule has 5 N–H and O–H groups in total. The predicted octanol–water partition coefficient (Wildman–Crippen LogP) is 3.26. The van der Waals surface area contributed by atoms with E-state index in [0.717, 1.165) is 25.0 Å².